The topological polar surface area (TPSA) is 120 Å². The first-order valence-corrected chi connectivity index (χ1v) is 8.52. The van der Waals surface area contributed by atoms with E-state index in [1.807, 2.05) is 30.3 Å². The first-order valence-electron chi connectivity index (χ1n) is 8.52. The van der Waals surface area contributed by atoms with Crippen molar-refractivity contribution in [3.63, 3.8) is 0 Å². The Morgan fingerprint density at radius 3 is 2.37 bits per heavy atom. The summed E-state index contributed by atoms with van der Waals surface area (Å²) >= 11 is 0. The third kappa shape index (κ3) is 3.92. The third-order valence-electron chi connectivity index (χ3n) is 4.06. The molecular weight excluding hydrogens is 344 g/mol. The lowest BCUT2D eigenvalue weighted by Gasteiger charge is -2.22. The normalized spacial score (nSPS) is 14.7. The highest BCUT2D eigenvalue weighted by Gasteiger charge is 2.31. The molecule has 1 atom stereocenters. The highest BCUT2D eigenvalue weighted by Crippen LogP contribution is 2.43. The number of amides is 2. The molecule has 0 fully saturated rings. The number of rotatable bonds is 2. The first kappa shape index (κ1) is 18.4. The van der Waals surface area contributed by atoms with Gasteiger partial charge in [-0.1, -0.05) is 30.3 Å². The maximum Gasteiger partial charge on any atom is 0.408 e. The molecule has 2 aromatic carbocycles. The Morgan fingerprint density at radius 1 is 1.04 bits per heavy atom. The summed E-state index contributed by atoms with van der Waals surface area (Å²) in [6.45, 7) is 5.40. The Hall–Kier alpha value is -3.35. The number of alkyl carbamates (subject to hydrolysis) is 1. The fraction of sp³-hybridized carbons (Fsp3) is 0.250. The van der Waals surface area contributed by atoms with E-state index in [4.69, 9.17) is 16.2 Å². The SMILES string of the molecule is CC(C)(C)OC(=O)NC1c2ccccc2-c2ccc(C(=O)N=C(N)N)cc21. The zero-order valence-electron chi connectivity index (χ0n) is 15.4. The lowest BCUT2D eigenvalue weighted by molar-refractivity contribution is 0.0513. The van der Waals surface area contributed by atoms with Crippen molar-refractivity contribution >= 4 is 18.0 Å². The minimum absolute atomic E-state index is 0.299. The van der Waals surface area contributed by atoms with Crippen LogP contribution in [0.1, 0.15) is 48.3 Å². The van der Waals surface area contributed by atoms with Gasteiger partial charge < -0.3 is 21.5 Å². The summed E-state index contributed by atoms with van der Waals surface area (Å²) < 4.78 is 5.39. The number of hydrogen-bond acceptors (Lipinski definition) is 3. The van der Waals surface area contributed by atoms with E-state index < -0.39 is 23.6 Å². The fourth-order valence-corrected chi connectivity index (χ4v) is 3.10. The fourth-order valence-electron chi connectivity index (χ4n) is 3.10. The molecule has 3 rings (SSSR count). The molecule has 0 saturated carbocycles. The zero-order chi connectivity index (χ0) is 19.8. The minimum atomic E-state index is -0.615. The number of guanidine groups is 1. The van der Waals surface area contributed by atoms with Crippen molar-refractivity contribution in [1.82, 2.24) is 5.32 Å². The number of ether oxygens (including phenoxy) is 1. The number of fused-ring (bicyclic) bond motifs is 3. The molecular formula is C20H22N4O3. The molecule has 0 aromatic heterocycles. The van der Waals surface area contributed by atoms with Crippen LogP contribution in [0.25, 0.3) is 11.1 Å². The van der Waals surface area contributed by atoms with Gasteiger partial charge in [0.25, 0.3) is 5.91 Å². The molecule has 0 saturated heterocycles. The number of aliphatic imine (C=N–C) groups is 1. The van der Waals surface area contributed by atoms with Gasteiger partial charge in [0.15, 0.2) is 5.96 Å². The van der Waals surface area contributed by atoms with Crippen molar-refractivity contribution in [3.05, 3.63) is 59.2 Å². The molecule has 140 valence electrons. The predicted molar refractivity (Wildman–Crippen MR) is 103 cm³/mol. The van der Waals surface area contributed by atoms with Crippen LogP contribution in [0.15, 0.2) is 47.5 Å². The van der Waals surface area contributed by atoms with Gasteiger partial charge in [-0.05, 0) is 55.2 Å². The number of hydrogen-bond donors (Lipinski definition) is 3. The van der Waals surface area contributed by atoms with Crippen LogP contribution in [-0.2, 0) is 4.74 Å². The van der Waals surface area contributed by atoms with Crippen LogP contribution >= 0.6 is 0 Å². The molecule has 1 unspecified atom stereocenters. The van der Waals surface area contributed by atoms with E-state index in [-0.39, 0.29) is 5.96 Å². The van der Waals surface area contributed by atoms with Gasteiger partial charge in [0.2, 0.25) is 0 Å². The molecule has 1 aliphatic carbocycles. The van der Waals surface area contributed by atoms with Gasteiger partial charge in [-0.2, -0.15) is 4.99 Å². The molecule has 7 heteroatoms. The highest BCUT2D eigenvalue weighted by atomic mass is 16.6. The van der Waals surface area contributed by atoms with Crippen molar-refractivity contribution in [2.75, 3.05) is 0 Å². The summed E-state index contributed by atoms with van der Waals surface area (Å²) in [6, 6.07) is 12.5. The Bertz CT molecular complexity index is 940. The molecule has 2 amide bonds. The second-order valence-electron chi connectivity index (χ2n) is 7.31. The van der Waals surface area contributed by atoms with Gasteiger partial charge in [0, 0.05) is 5.56 Å². The quantitative estimate of drug-likeness (QED) is 0.557. The molecule has 7 nitrogen and oxygen atoms in total. The smallest absolute Gasteiger partial charge is 0.408 e. The maximum absolute atomic E-state index is 12.3. The molecule has 0 bridgehead atoms. The summed E-state index contributed by atoms with van der Waals surface area (Å²) in [5.74, 6) is -0.836. The first-order chi connectivity index (χ1) is 12.7. The number of carbonyl (C=O) groups excluding carboxylic acids is 2. The van der Waals surface area contributed by atoms with Gasteiger partial charge >= 0.3 is 6.09 Å². The van der Waals surface area contributed by atoms with E-state index in [1.165, 1.54) is 0 Å². The van der Waals surface area contributed by atoms with Crippen molar-refractivity contribution in [1.29, 1.82) is 0 Å². The number of nitrogens with two attached hydrogens (primary N) is 2. The van der Waals surface area contributed by atoms with Gasteiger partial charge in [-0.15, -0.1) is 0 Å². The molecule has 5 N–H and O–H groups in total. The van der Waals surface area contributed by atoms with Gasteiger partial charge in [0.1, 0.15) is 5.60 Å². The van der Waals surface area contributed by atoms with E-state index in [0.29, 0.717) is 5.56 Å². The number of benzene rings is 2. The molecule has 1 aliphatic rings. The van der Waals surface area contributed by atoms with Crippen LogP contribution in [0.4, 0.5) is 4.79 Å². The standard InChI is InChI=1S/C20H22N4O3/c1-20(2,3)27-19(26)23-16-14-7-5-4-6-12(14)13-9-8-11(10-15(13)16)17(25)24-18(21)22/h4-10,16H,1-3H3,(H,23,26)(H4,21,22,24,25). The molecule has 0 heterocycles. The van der Waals surface area contributed by atoms with E-state index in [1.54, 1.807) is 32.9 Å². The summed E-state index contributed by atoms with van der Waals surface area (Å²) in [7, 11) is 0. The molecule has 27 heavy (non-hydrogen) atoms. The summed E-state index contributed by atoms with van der Waals surface area (Å²) in [6.07, 6.45) is -0.531. The van der Waals surface area contributed by atoms with Gasteiger partial charge in [-0.25, -0.2) is 4.79 Å². The van der Waals surface area contributed by atoms with Crippen LogP contribution in [-0.4, -0.2) is 23.6 Å². The second-order valence-corrected chi connectivity index (χ2v) is 7.31. The average Bonchev–Trinajstić information content (AvgIpc) is 2.86. The zero-order valence-corrected chi connectivity index (χ0v) is 15.4. The monoisotopic (exact) mass is 366 g/mol. The lowest BCUT2D eigenvalue weighted by atomic mass is 10.0. The molecule has 0 aliphatic heterocycles. The second kappa shape index (κ2) is 6.75. The van der Waals surface area contributed by atoms with Gasteiger partial charge in [-0.3, -0.25) is 4.79 Å². The number of nitrogens with one attached hydrogen (secondary N) is 1. The Labute approximate surface area is 157 Å². The van der Waals surface area contributed by atoms with E-state index in [0.717, 1.165) is 22.3 Å². The van der Waals surface area contributed by atoms with Crippen LogP contribution in [0, 0.1) is 0 Å². The number of carbonyl (C=O) groups is 2. The van der Waals surface area contributed by atoms with Crippen LogP contribution in [0.5, 0.6) is 0 Å². The van der Waals surface area contributed by atoms with E-state index in [2.05, 4.69) is 10.3 Å². The van der Waals surface area contributed by atoms with Crippen LogP contribution in [0.2, 0.25) is 0 Å². The Morgan fingerprint density at radius 2 is 1.70 bits per heavy atom. The summed E-state index contributed by atoms with van der Waals surface area (Å²) in [5, 5.41) is 2.90. The lowest BCUT2D eigenvalue weighted by Crippen LogP contribution is -2.34. The van der Waals surface area contributed by atoms with Gasteiger partial charge in [0.05, 0.1) is 6.04 Å². The van der Waals surface area contributed by atoms with Crippen molar-refractivity contribution in [2.24, 2.45) is 16.5 Å². The Balaban J connectivity index is 2.01. The largest absolute Gasteiger partial charge is 0.444 e. The van der Waals surface area contributed by atoms with Crippen molar-refractivity contribution in [3.8, 4) is 11.1 Å². The van der Waals surface area contributed by atoms with E-state index >= 15 is 0 Å². The summed E-state index contributed by atoms with van der Waals surface area (Å²) in [5.41, 5.74) is 14.0. The van der Waals surface area contributed by atoms with Crippen LogP contribution in [0.3, 0.4) is 0 Å². The summed E-state index contributed by atoms with van der Waals surface area (Å²) in [4.78, 5) is 28.1. The maximum atomic E-state index is 12.3. The minimum Gasteiger partial charge on any atom is -0.444 e. The Kier molecular flexibility index (Phi) is 4.61. The average molecular weight is 366 g/mol. The van der Waals surface area contributed by atoms with Crippen molar-refractivity contribution in [2.45, 2.75) is 32.4 Å². The molecule has 2 aromatic rings. The van der Waals surface area contributed by atoms with Crippen LogP contribution < -0.4 is 16.8 Å². The molecule has 0 radical (unpaired) electrons. The predicted octanol–water partition coefficient (Wildman–Crippen LogP) is 2.69. The molecule has 0 spiro atoms. The van der Waals surface area contributed by atoms with Crippen molar-refractivity contribution < 1.29 is 14.3 Å². The van der Waals surface area contributed by atoms with E-state index in [9.17, 15) is 9.59 Å². The highest BCUT2D eigenvalue weighted by molar-refractivity contribution is 6.02. The number of nitrogens with zero attached hydrogens (tertiary/aromatic N) is 1. The third-order valence-corrected chi connectivity index (χ3v) is 4.06.